The maximum atomic E-state index is 15.0. The molecule has 1 aromatic heterocycles. The first-order chi connectivity index (χ1) is 19.1. The van der Waals surface area contributed by atoms with E-state index in [9.17, 15) is 14.9 Å². The van der Waals surface area contributed by atoms with Gasteiger partial charge < -0.3 is 15.1 Å². The van der Waals surface area contributed by atoms with Gasteiger partial charge >= 0.3 is 0 Å². The number of nitrogens with zero attached hydrogens (tertiary/aromatic N) is 4. The highest BCUT2D eigenvalue weighted by Gasteiger charge is 2.28. The summed E-state index contributed by atoms with van der Waals surface area (Å²) >= 11 is 0. The summed E-state index contributed by atoms with van der Waals surface area (Å²) in [5.74, 6) is -0.0600. The second-order valence-electron chi connectivity index (χ2n) is 11.2. The first-order valence-corrected chi connectivity index (χ1v) is 13.9. The van der Waals surface area contributed by atoms with E-state index in [1.807, 2.05) is 24.0 Å². The van der Waals surface area contributed by atoms with Crippen LogP contribution in [0.2, 0.25) is 0 Å². The Kier molecular flexibility index (Phi) is 7.85. The van der Waals surface area contributed by atoms with Gasteiger partial charge in [0.25, 0.3) is 5.69 Å². The summed E-state index contributed by atoms with van der Waals surface area (Å²) in [6.45, 7) is 8.49. The Balaban J connectivity index is 1.39. The molecular formula is C31H36FN5O3. The number of hydrogen-bond acceptors (Lipinski definition) is 6. The zero-order valence-electron chi connectivity index (χ0n) is 23.5. The molecule has 0 aliphatic carbocycles. The Hall–Kier alpha value is -3.85. The first-order valence-electron chi connectivity index (χ1n) is 13.9. The van der Waals surface area contributed by atoms with Crippen molar-refractivity contribution in [3.05, 3.63) is 80.8 Å². The minimum absolute atomic E-state index is 0.122. The summed E-state index contributed by atoms with van der Waals surface area (Å²) in [6, 6.07) is 10.1. The number of nitro benzene ring substituents is 1. The molecule has 1 atom stereocenters. The van der Waals surface area contributed by atoms with Crippen molar-refractivity contribution in [1.82, 2.24) is 14.8 Å². The van der Waals surface area contributed by atoms with Gasteiger partial charge in [0.2, 0.25) is 5.91 Å². The second kappa shape index (κ2) is 11.3. The van der Waals surface area contributed by atoms with Gasteiger partial charge in [0, 0.05) is 53.5 Å². The van der Waals surface area contributed by atoms with Gasteiger partial charge in [-0.05, 0) is 95.1 Å². The average molecular weight is 546 g/mol. The topological polar surface area (TPSA) is 91.6 Å². The Morgan fingerprint density at radius 2 is 1.90 bits per heavy atom. The Morgan fingerprint density at radius 1 is 1.15 bits per heavy atom. The predicted molar refractivity (Wildman–Crippen MR) is 156 cm³/mol. The number of nitro groups is 1. The molecular weight excluding hydrogens is 509 g/mol. The summed E-state index contributed by atoms with van der Waals surface area (Å²) in [5, 5.41) is 15.7. The number of rotatable bonds is 6. The lowest BCUT2D eigenvalue weighted by Gasteiger charge is -2.34. The number of carbonyl (C=O) groups excluding carboxylic acids is 1. The van der Waals surface area contributed by atoms with Gasteiger partial charge in [-0.15, -0.1) is 0 Å². The first kappa shape index (κ1) is 27.7. The minimum atomic E-state index is -0.514. The van der Waals surface area contributed by atoms with E-state index in [4.69, 9.17) is 0 Å². The molecule has 0 bridgehead atoms. The number of piperidine rings is 1. The van der Waals surface area contributed by atoms with Crippen LogP contribution in [0.3, 0.4) is 0 Å². The predicted octanol–water partition coefficient (Wildman–Crippen LogP) is 6.03. The van der Waals surface area contributed by atoms with E-state index in [0.29, 0.717) is 13.1 Å². The maximum absolute atomic E-state index is 15.0. The van der Waals surface area contributed by atoms with E-state index in [0.717, 1.165) is 60.2 Å². The highest BCUT2D eigenvalue weighted by atomic mass is 19.1. The largest absolute Gasteiger partial charge is 0.378 e. The number of carbonyl (C=O) groups is 1. The average Bonchev–Trinajstić information content (AvgIpc) is 2.94. The maximum Gasteiger partial charge on any atom is 0.270 e. The van der Waals surface area contributed by atoms with Crippen molar-refractivity contribution in [3.8, 4) is 0 Å². The third-order valence-corrected chi connectivity index (χ3v) is 8.21. The number of anilines is 1. The van der Waals surface area contributed by atoms with E-state index in [-0.39, 0.29) is 28.6 Å². The van der Waals surface area contributed by atoms with Crippen LogP contribution in [0.15, 0.2) is 42.5 Å². The molecule has 1 amide bonds. The molecule has 3 heterocycles. The molecule has 0 unspecified atom stereocenters. The van der Waals surface area contributed by atoms with Gasteiger partial charge in [-0.3, -0.25) is 19.9 Å². The molecule has 1 N–H and O–H groups in total. The van der Waals surface area contributed by atoms with Crippen molar-refractivity contribution in [3.63, 3.8) is 0 Å². The van der Waals surface area contributed by atoms with Crippen LogP contribution in [0.1, 0.15) is 54.6 Å². The number of aryl methyl sites for hydroxylation is 2. The van der Waals surface area contributed by atoms with Crippen LogP contribution in [-0.2, 0) is 4.79 Å². The molecule has 2 aliphatic heterocycles. The smallest absolute Gasteiger partial charge is 0.270 e. The lowest BCUT2D eigenvalue weighted by Crippen LogP contribution is -2.43. The molecule has 210 valence electrons. The van der Waals surface area contributed by atoms with Crippen molar-refractivity contribution in [2.75, 3.05) is 38.5 Å². The molecule has 9 heteroatoms. The fourth-order valence-corrected chi connectivity index (χ4v) is 5.83. The standard InChI is InChI=1S/C31H36FN5O3/c1-19-15-25(37(39)40)18-26(30(19)32)21(3)34-29-16-20(2)33-28-6-5-24(17-27(28)29)22-9-13-36(14-10-22)31(38)23-7-11-35(4)12-8-23/h5-6,9,15-18,21,23H,7-8,10-14H2,1-4H3,(H,33,34)/t21-/m1/s1. The van der Waals surface area contributed by atoms with Gasteiger partial charge in [0.1, 0.15) is 5.82 Å². The van der Waals surface area contributed by atoms with E-state index >= 15 is 4.39 Å². The van der Waals surface area contributed by atoms with Crippen molar-refractivity contribution in [2.45, 2.75) is 46.1 Å². The summed E-state index contributed by atoms with van der Waals surface area (Å²) in [6.07, 6.45) is 4.78. The van der Waals surface area contributed by atoms with Crippen LogP contribution in [0.5, 0.6) is 0 Å². The number of nitrogens with one attached hydrogen (secondary N) is 1. The number of hydrogen-bond donors (Lipinski definition) is 1. The normalized spacial score (nSPS) is 17.5. The summed E-state index contributed by atoms with van der Waals surface area (Å²) < 4.78 is 15.0. The lowest BCUT2D eigenvalue weighted by molar-refractivity contribution is -0.385. The van der Waals surface area contributed by atoms with Gasteiger partial charge in [-0.1, -0.05) is 12.1 Å². The van der Waals surface area contributed by atoms with Crippen LogP contribution >= 0.6 is 0 Å². The minimum Gasteiger partial charge on any atom is -0.378 e. The van der Waals surface area contributed by atoms with E-state index < -0.39 is 16.8 Å². The molecule has 2 aromatic carbocycles. The van der Waals surface area contributed by atoms with Crippen LogP contribution in [0.25, 0.3) is 16.5 Å². The van der Waals surface area contributed by atoms with Crippen molar-refractivity contribution < 1.29 is 14.1 Å². The Labute approximate surface area is 234 Å². The molecule has 1 fully saturated rings. The molecule has 5 rings (SSSR count). The van der Waals surface area contributed by atoms with Crippen molar-refractivity contribution in [1.29, 1.82) is 0 Å². The fourth-order valence-electron chi connectivity index (χ4n) is 5.83. The number of pyridine rings is 1. The summed E-state index contributed by atoms with van der Waals surface area (Å²) in [4.78, 5) is 32.9. The van der Waals surface area contributed by atoms with Crippen LogP contribution in [-0.4, -0.2) is 58.8 Å². The summed E-state index contributed by atoms with van der Waals surface area (Å²) in [7, 11) is 2.10. The van der Waals surface area contributed by atoms with Gasteiger partial charge in [0.15, 0.2) is 0 Å². The van der Waals surface area contributed by atoms with E-state index in [1.54, 1.807) is 6.92 Å². The van der Waals surface area contributed by atoms with Crippen LogP contribution in [0.4, 0.5) is 15.8 Å². The molecule has 2 aliphatic rings. The number of non-ortho nitro benzene ring substituents is 1. The van der Waals surface area contributed by atoms with Gasteiger partial charge in [-0.25, -0.2) is 4.39 Å². The number of fused-ring (bicyclic) bond motifs is 1. The van der Waals surface area contributed by atoms with Crippen molar-refractivity contribution >= 4 is 33.8 Å². The fraction of sp³-hybridized carbons (Fsp3) is 0.419. The molecule has 0 spiro atoms. The number of aromatic nitrogens is 1. The number of halogens is 1. The molecule has 3 aromatic rings. The van der Waals surface area contributed by atoms with Crippen molar-refractivity contribution in [2.24, 2.45) is 5.92 Å². The second-order valence-corrected chi connectivity index (χ2v) is 11.2. The van der Waals surface area contributed by atoms with Gasteiger partial charge in [-0.2, -0.15) is 0 Å². The quantitative estimate of drug-likeness (QED) is 0.300. The van der Waals surface area contributed by atoms with Gasteiger partial charge in [0.05, 0.1) is 16.5 Å². The summed E-state index contributed by atoms with van der Waals surface area (Å²) in [5.41, 5.74) is 5.02. The molecule has 40 heavy (non-hydrogen) atoms. The van der Waals surface area contributed by atoms with E-state index in [2.05, 4.69) is 40.5 Å². The van der Waals surface area contributed by atoms with E-state index in [1.165, 1.54) is 24.6 Å². The number of amides is 1. The SMILES string of the molecule is Cc1cc(N[C@H](C)c2cc([N+](=O)[O-])cc(C)c2F)c2cc(C3=CCN(C(=O)C4CCN(C)CC4)CC3)ccc2n1. The zero-order valence-corrected chi connectivity index (χ0v) is 23.5. The molecule has 1 saturated heterocycles. The number of likely N-dealkylation sites (tertiary alicyclic amines) is 1. The third-order valence-electron chi connectivity index (χ3n) is 8.21. The molecule has 0 saturated carbocycles. The Bertz CT molecular complexity index is 1500. The zero-order chi connectivity index (χ0) is 28.6. The number of benzene rings is 2. The molecule has 8 nitrogen and oxygen atoms in total. The Morgan fingerprint density at radius 3 is 2.58 bits per heavy atom. The lowest BCUT2D eigenvalue weighted by atomic mass is 9.93. The van der Waals surface area contributed by atoms with Crippen LogP contribution < -0.4 is 5.32 Å². The monoisotopic (exact) mass is 545 g/mol. The third kappa shape index (κ3) is 5.70. The highest BCUT2D eigenvalue weighted by Crippen LogP contribution is 2.34. The van der Waals surface area contributed by atoms with Crippen LogP contribution in [0, 0.1) is 35.7 Å². The highest BCUT2D eigenvalue weighted by molar-refractivity contribution is 5.94. The molecule has 0 radical (unpaired) electrons.